The number of likely N-dealkylation sites (tertiary alicyclic amines) is 1. The van der Waals surface area contributed by atoms with Crippen molar-refractivity contribution in [2.75, 3.05) is 39.6 Å². The Labute approximate surface area is 200 Å². The number of benzene rings is 2. The van der Waals surface area contributed by atoms with E-state index in [2.05, 4.69) is 0 Å². The van der Waals surface area contributed by atoms with Crippen molar-refractivity contribution in [2.24, 2.45) is 0 Å². The molecule has 0 atom stereocenters. The molecular formula is C24H25F3N2O4S. The number of nitrogens with zero attached hydrogens (tertiary/aromatic N) is 2. The van der Waals surface area contributed by atoms with E-state index < -0.39 is 16.6 Å². The molecule has 2 saturated heterocycles. The summed E-state index contributed by atoms with van der Waals surface area (Å²) in [5.74, 6) is 1.32. The molecule has 0 saturated carbocycles. The molecule has 1 spiro atoms. The van der Waals surface area contributed by atoms with Gasteiger partial charge in [0.2, 0.25) is 0 Å². The number of halogens is 3. The van der Waals surface area contributed by atoms with E-state index in [1.54, 1.807) is 39.8 Å². The number of carbonyl (C=O) groups is 2. The van der Waals surface area contributed by atoms with Crippen molar-refractivity contribution in [2.45, 2.75) is 23.9 Å². The quantitative estimate of drug-likeness (QED) is 0.625. The van der Waals surface area contributed by atoms with E-state index in [4.69, 9.17) is 9.47 Å². The van der Waals surface area contributed by atoms with Gasteiger partial charge in [-0.1, -0.05) is 0 Å². The van der Waals surface area contributed by atoms with Gasteiger partial charge in [0.15, 0.2) is 0 Å². The molecule has 0 aliphatic carbocycles. The standard InChI is InChI=1S/C24H25F3N2O4S/c1-32-18-7-8-19(20(15-18)33-2)22(31)28-11-9-23(10-12-28)29(13-14-34-23)21(30)16-3-5-17(6-4-16)24(25,26)27/h3-8,15H,9-14H2,1-2H3. The molecular weight excluding hydrogens is 469 g/mol. The molecule has 6 nitrogen and oxygen atoms in total. The molecule has 182 valence electrons. The van der Waals surface area contributed by atoms with E-state index >= 15 is 0 Å². The summed E-state index contributed by atoms with van der Waals surface area (Å²) in [5, 5.41) is 0. The highest BCUT2D eigenvalue weighted by Gasteiger charge is 2.47. The fraction of sp³-hybridized carbons (Fsp3) is 0.417. The van der Waals surface area contributed by atoms with Crippen LogP contribution in [0.3, 0.4) is 0 Å². The van der Waals surface area contributed by atoms with Crippen molar-refractivity contribution in [1.82, 2.24) is 9.80 Å². The largest absolute Gasteiger partial charge is 0.497 e. The summed E-state index contributed by atoms with van der Waals surface area (Å²) < 4.78 is 49.2. The van der Waals surface area contributed by atoms with Gasteiger partial charge in [-0.15, -0.1) is 11.8 Å². The molecule has 2 aromatic carbocycles. The second-order valence-electron chi connectivity index (χ2n) is 8.18. The van der Waals surface area contributed by atoms with Crippen LogP contribution in [-0.2, 0) is 6.18 Å². The predicted octanol–water partition coefficient (Wildman–Crippen LogP) is 4.54. The zero-order chi connectivity index (χ0) is 24.5. The average Bonchev–Trinajstić information content (AvgIpc) is 3.25. The maximum Gasteiger partial charge on any atom is 0.416 e. The SMILES string of the molecule is COc1ccc(C(=O)N2CCC3(CC2)SCCN3C(=O)c2ccc(C(F)(F)F)cc2)c(OC)c1. The van der Waals surface area contributed by atoms with Crippen molar-refractivity contribution in [1.29, 1.82) is 0 Å². The van der Waals surface area contributed by atoms with Crippen LogP contribution in [-0.4, -0.2) is 66.1 Å². The third kappa shape index (κ3) is 4.55. The number of hydrogen-bond acceptors (Lipinski definition) is 5. The molecule has 2 amide bonds. The minimum atomic E-state index is -4.45. The van der Waals surface area contributed by atoms with Crippen molar-refractivity contribution in [3.63, 3.8) is 0 Å². The summed E-state index contributed by atoms with van der Waals surface area (Å²) in [7, 11) is 3.04. The summed E-state index contributed by atoms with van der Waals surface area (Å²) in [4.78, 5) is 29.4. The Bertz CT molecular complexity index is 1070. The van der Waals surface area contributed by atoms with Crippen LogP contribution in [0.4, 0.5) is 13.2 Å². The van der Waals surface area contributed by atoms with Crippen LogP contribution < -0.4 is 9.47 Å². The lowest BCUT2D eigenvalue weighted by atomic mass is 9.99. The van der Waals surface area contributed by atoms with E-state index in [1.165, 1.54) is 26.4 Å². The van der Waals surface area contributed by atoms with Gasteiger partial charge >= 0.3 is 6.18 Å². The average molecular weight is 495 g/mol. The van der Waals surface area contributed by atoms with Crippen molar-refractivity contribution in [3.05, 3.63) is 59.2 Å². The molecule has 0 unspecified atom stereocenters. The van der Waals surface area contributed by atoms with Gasteiger partial charge in [-0.25, -0.2) is 0 Å². The first-order chi connectivity index (χ1) is 16.2. The number of ether oxygens (including phenoxy) is 2. The first-order valence-corrected chi connectivity index (χ1v) is 11.8. The van der Waals surface area contributed by atoms with Crippen LogP contribution in [0.25, 0.3) is 0 Å². The fourth-order valence-corrected chi connectivity index (χ4v) is 5.93. The summed E-state index contributed by atoms with van der Waals surface area (Å²) in [6.07, 6.45) is -3.29. The summed E-state index contributed by atoms with van der Waals surface area (Å²) in [5.41, 5.74) is -0.109. The first kappa shape index (κ1) is 24.3. The van der Waals surface area contributed by atoms with Crippen molar-refractivity contribution < 1.29 is 32.2 Å². The van der Waals surface area contributed by atoms with E-state index in [1.807, 2.05) is 0 Å². The molecule has 0 aromatic heterocycles. The number of carbonyl (C=O) groups excluding carboxylic acids is 2. The number of hydrogen-bond donors (Lipinski definition) is 0. The highest BCUT2D eigenvalue weighted by molar-refractivity contribution is 8.00. The Kier molecular flexibility index (Phi) is 6.71. The van der Waals surface area contributed by atoms with Crippen molar-refractivity contribution >= 4 is 23.6 Å². The van der Waals surface area contributed by atoms with E-state index in [0.29, 0.717) is 49.5 Å². The molecule has 2 aliphatic rings. The number of alkyl halides is 3. The van der Waals surface area contributed by atoms with Crippen LogP contribution >= 0.6 is 11.8 Å². The summed E-state index contributed by atoms with van der Waals surface area (Å²) in [6.45, 7) is 1.43. The normalized spacial score (nSPS) is 17.7. The monoisotopic (exact) mass is 494 g/mol. The highest BCUT2D eigenvalue weighted by Crippen LogP contribution is 2.45. The minimum absolute atomic E-state index is 0.155. The minimum Gasteiger partial charge on any atom is -0.497 e. The Hall–Kier alpha value is -2.88. The molecule has 0 bridgehead atoms. The molecule has 0 radical (unpaired) electrons. The smallest absolute Gasteiger partial charge is 0.416 e. The Morgan fingerprint density at radius 2 is 1.62 bits per heavy atom. The molecule has 2 heterocycles. The van der Waals surface area contributed by atoms with E-state index in [9.17, 15) is 22.8 Å². The van der Waals surface area contributed by atoms with Crippen molar-refractivity contribution in [3.8, 4) is 11.5 Å². The van der Waals surface area contributed by atoms with Gasteiger partial charge < -0.3 is 19.3 Å². The van der Waals surface area contributed by atoms with Gasteiger partial charge in [-0.2, -0.15) is 13.2 Å². The van der Waals surface area contributed by atoms with Gasteiger partial charge in [0.1, 0.15) is 11.5 Å². The number of amides is 2. The fourth-order valence-electron chi connectivity index (χ4n) is 4.47. The lowest BCUT2D eigenvalue weighted by Gasteiger charge is -2.44. The number of piperidine rings is 1. The molecule has 34 heavy (non-hydrogen) atoms. The van der Waals surface area contributed by atoms with Gasteiger partial charge in [0.05, 0.1) is 30.2 Å². The summed E-state index contributed by atoms with van der Waals surface area (Å²) in [6, 6.07) is 9.38. The lowest BCUT2D eigenvalue weighted by molar-refractivity contribution is -0.137. The maximum atomic E-state index is 13.2. The number of rotatable bonds is 4. The van der Waals surface area contributed by atoms with Gasteiger partial charge in [0, 0.05) is 37.0 Å². The summed E-state index contributed by atoms with van der Waals surface area (Å²) >= 11 is 1.67. The topological polar surface area (TPSA) is 59.1 Å². The Balaban J connectivity index is 1.47. The molecule has 2 fully saturated rings. The first-order valence-electron chi connectivity index (χ1n) is 10.8. The van der Waals surface area contributed by atoms with Gasteiger partial charge in [0.25, 0.3) is 11.8 Å². The number of methoxy groups -OCH3 is 2. The van der Waals surface area contributed by atoms with Gasteiger partial charge in [-0.3, -0.25) is 9.59 Å². The van der Waals surface area contributed by atoms with Crippen LogP contribution in [0, 0.1) is 0 Å². The van der Waals surface area contributed by atoms with Gasteiger partial charge in [-0.05, 0) is 49.2 Å². The van der Waals surface area contributed by atoms with E-state index in [-0.39, 0.29) is 17.4 Å². The molecule has 2 aromatic rings. The zero-order valence-electron chi connectivity index (χ0n) is 18.9. The Morgan fingerprint density at radius 1 is 0.941 bits per heavy atom. The van der Waals surface area contributed by atoms with Crippen LogP contribution in [0.1, 0.15) is 39.1 Å². The number of thioether (sulfide) groups is 1. The maximum absolute atomic E-state index is 13.2. The van der Waals surface area contributed by atoms with E-state index in [0.717, 1.165) is 17.9 Å². The highest BCUT2D eigenvalue weighted by atomic mass is 32.2. The zero-order valence-corrected chi connectivity index (χ0v) is 19.7. The second kappa shape index (κ2) is 9.40. The molecule has 10 heteroatoms. The molecule has 4 rings (SSSR count). The molecule has 0 N–H and O–H groups in total. The van der Waals surface area contributed by atoms with Crippen LogP contribution in [0.5, 0.6) is 11.5 Å². The second-order valence-corrected chi connectivity index (χ2v) is 9.64. The third-order valence-electron chi connectivity index (χ3n) is 6.35. The molecule has 2 aliphatic heterocycles. The Morgan fingerprint density at radius 3 is 2.21 bits per heavy atom. The van der Waals surface area contributed by atoms with Crippen LogP contribution in [0.15, 0.2) is 42.5 Å². The predicted molar refractivity (Wildman–Crippen MR) is 122 cm³/mol. The third-order valence-corrected chi connectivity index (χ3v) is 7.91. The lowest BCUT2D eigenvalue weighted by Crippen LogP contribution is -2.53. The van der Waals surface area contributed by atoms with Crippen LogP contribution in [0.2, 0.25) is 0 Å².